The molecule has 0 spiro atoms. The average molecular weight is 383 g/mol. The summed E-state index contributed by atoms with van der Waals surface area (Å²) in [6.45, 7) is 0.376. The fourth-order valence-corrected chi connectivity index (χ4v) is 3.83. The molecular formula is C21H19F2N3O2. The number of rotatable bonds is 3. The van der Waals surface area contributed by atoms with Crippen molar-refractivity contribution in [3.05, 3.63) is 65.9 Å². The molecule has 144 valence electrons. The first-order valence-corrected chi connectivity index (χ1v) is 8.91. The van der Waals surface area contributed by atoms with Crippen LogP contribution in [0.2, 0.25) is 0 Å². The number of carbonyl (C=O) groups is 2. The van der Waals surface area contributed by atoms with E-state index in [1.165, 1.54) is 17.0 Å². The number of carbonyl (C=O) groups excluding carboxylic acids is 2. The number of likely N-dealkylation sites (N-methyl/N-ethyl adjacent to an activating group) is 1. The highest BCUT2D eigenvalue weighted by atomic mass is 19.2. The van der Waals surface area contributed by atoms with Crippen LogP contribution < -0.4 is 5.32 Å². The van der Waals surface area contributed by atoms with E-state index in [1.54, 1.807) is 7.05 Å². The highest BCUT2D eigenvalue weighted by Gasteiger charge is 2.44. The van der Waals surface area contributed by atoms with Gasteiger partial charge in [-0.2, -0.15) is 0 Å². The molecule has 2 aromatic carbocycles. The maximum atomic E-state index is 13.9. The van der Waals surface area contributed by atoms with Crippen molar-refractivity contribution in [2.45, 2.75) is 5.92 Å². The van der Waals surface area contributed by atoms with Crippen LogP contribution >= 0.6 is 0 Å². The lowest BCUT2D eigenvalue weighted by Crippen LogP contribution is -2.33. The Balaban J connectivity index is 1.67. The number of likely N-dealkylation sites (tertiary alicyclic amines) is 1. The Bertz CT molecular complexity index is 1090. The monoisotopic (exact) mass is 383 g/mol. The Hall–Kier alpha value is -3.22. The zero-order chi connectivity index (χ0) is 20.0. The number of hydrogen-bond donors (Lipinski definition) is 1. The van der Waals surface area contributed by atoms with Crippen molar-refractivity contribution >= 4 is 28.4 Å². The molecule has 7 heteroatoms. The van der Waals surface area contributed by atoms with E-state index < -0.39 is 23.5 Å². The first kappa shape index (κ1) is 18.2. The summed E-state index contributed by atoms with van der Waals surface area (Å²) in [4.78, 5) is 27.0. The molecule has 4 rings (SSSR count). The van der Waals surface area contributed by atoms with Gasteiger partial charge in [0.15, 0.2) is 11.6 Å². The van der Waals surface area contributed by atoms with Crippen molar-refractivity contribution in [2.75, 3.05) is 18.9 Å². The molecule has 1 fully saturated rings. The van der Waals surface area contributed by atoms with E-state index in [4.69, 9.17) is 0 Å². The second-order valence-corrected chi connectivity index (χ2v) is 7.14. The summed E-state index contributed by atoms with van der Waals surface area (Å²) in [6.07, 6.45) is 1.94. The number of nitrogens with one attached hydrogen (secondary N) is 1. The van der Waals surface area contributed by atoms with Gasteiger partial charge in [-0.05, 0) is 41.3 Å². The topological polar surface area (TPSA) is 54.3 Å². The number of aromatic nitrogens is 1. The third-order valence-corrected chi connectivity index (χ3v) is 5.34. The largest absolute Gasteiger partial charge is 0.351 e. The lowest BCUT2D eigenvalue weighted by molar-refractivity contribution is -0.135. The molecule has 1 saturated heterocycles. The second-order valence-electron chi connectivity index (χ2n) is 7.14. The van der Waals surface area contributed by atoms with Crippen LogP contribution in [-0.4, -0.2) is 34.9 Å². The first-order chi connectivity index (χ1) is 13.4. The highest BCUT2D eigenvalue weighted by molar-refractivity contribution is 6.08. The van der Waals surface area contributed by atoms with Gasteiger partial charge in [-0.3, -0.25) is 9.59 Å². The number of benzene rings is 2. The Morgan fingerprint density at radius 3 is 2.71 bits per heavy atom. The van der Waals surface area contributed by atoms with E-state index in [-0.39, 0.29) is 17.5 Å². The van der Waals surface area contributed by atoms with Crippen molar-refractivity contribution in [3.8, 4) is 0 Å². The number of aryl methyl sites for hydroxylation is 1. The van der Waals surface area contributed by atoms with Crippen molar-refractivity contribution in [1.82, 2.24) is 9.47 Å². The Labute approximate surface area is 160 Å². The van der Waals surface area contributed by atoms with E-state index in [2.05, 4.69) is 5.32 Å². The van der Waals surface area contributed by atoms with Crippen molar-refractivity contribution < 1.29 is 18.4 Å². The summed E-state index contributed by atoms with van der Waals surface area (Å²) in [6, 6.07) is 11.3. The molecule has 3 aromatic rings. The second kappa shape index (κ2) is 6.74. The third kappa shape index (κ3) is 2.93. The Kier molecular flexibility index (Phi) is 4.37. The molecule has 28 heavy (non-hydrogen) atoms. The fraction of sp³-hybridized carbons (Fsp3) is 0.238. The third-order valence-electron chi connectivity index (χ3n) is 5.34. The molecule has 0 unspecified atom stereocenters. The fourth-order valence-electron chi connectivity index (χ4n) is 3.83. The van der Waals surface area contributed by atoms with Gasteiger partial charge in [0.2, 0.25) is 11.8 Å². The van der Waals surface area contributed by atoms with Crippen LogP contribution in [0.4, 0.5) is 14.5 Å². The predicted octanol–water partition coefficient (Wildman–Crippen LogP) is 3.27. The Morgan fingerprint density at radius 1 is 1.14 bits per heavy atom. The normalized spacial score (nSPS) is 19.4. The highest BCUT2D eigenvalue weighted by Crippen LogP contribution is 2.35. The summed E-state index contributed by atoms with van der Waals surface area (Å²) < 4.78 is 29.4. The molecule has 2 amide bonds. The number of anilines is 1. The van der Waals surface area contributed by atoms with Crippen LogP contribution in [0, 0.1) is 17.6 Å². The zero-order valence-corrected chi connectivity index (χ0v) is 15.4. The molecule has 1 aliphatic rings. The summed E-state index contributed by atoms with van der Waals surface area (Å²) in [5.41, 5.74) is 1.63. The van der Waals surface area contributed by atoms with Gasteiger partial charge in [0.25, 0.3) is 0 Å². The number of halogens is 2. The van der Waals surface area contributed by atoms with Crippen molar-refractivity contribution in [3.63, 3.8) is 0 Å². The average Bonchev–Trinajstić information content (AvgIpc) is 3.19. The van der Waals surface area contributed by atoms with E-state index in [0.717, 1.165) is 22.5 Å². The van der Waals surface area contributed by atoms with Gasteiger partial charge in [0.1, 0.15) is 5.92 Å². The molecule has 1 aliphatic heterocycles. The van der Waals surface area contributed by atoms with Crippen molar-refractivity contribution in [2.24, 2.45) is 13.0 Å². The minimum absolute atomic E-state index is 0.274. The SMILES string of the molecule is CN1C[C@H](c2ccc3c(ccn3C)c2)[C@@H](C(=O)Nc2cccc(F)c2F)C1=O. The smallest absolute Gasteiger partial charge is 0.237 e. The van der Waals surface area contributed by atoms with Crippen LogP contribution in [0.3, 0.4) is 0 Å². The van der Waals surface area contributed by atoms with Gasteiger partial charge in [-0.1, -0.05) is 12.1 Å². The van der Waals surface area contributed by atoms with Crippen molar-refractivity contribution in [1.29, 1.82) is 0 Å². The molecule has 2 atom stereocenters. The van der Waals surface area contributed by atoms with Gasteiger partial charge in [0, 0.05) is 38.3 Å². The van der Waals surface area contributed by atoms with E-state index >= 15 is 0 Å². The number of nitrogens with zero attached hydrogens (tertiary/aromatic N) is 2. The Morgan fingerprint density at radius 2 is 1.93 bits per heavy atom. The first-order valence-electron chi connectivity index (χ1n) is 8.91. The van der Waals surface area contributed by atoms with Crippen LogP contribution in [0.5, 0.6) is 0 Å². The summed E-state index contributed by atoms with van der Waals surface area (Å²) in [5.74, 6) is -4.56. The molecule has 0 aliphatic carbocycles. The van der Waals surface area contributed by atoms with Gasteiger partial charge >= 0.3 is 0 Å². The summed E-state index contributed by atoms with van der Waals surface area (Å²) >= 11 is 0. The van der Waals surface area contributed by atoms with E-state index in [0.29, 0.717) is 6.54 Å². The van der Waals surface area contributed by atoms with Gasteiger partial charge < -0.3 is 14.8 Å². The van der Waals surface area contributed by atoms with Gasteiger partial charge in [-0.15, -0.1) is 0 Å². The number of fused-ring (bicyclic) bond motifs is 1. The molecule has 0 radical (unpaired) electrons. The minimum Gasteiger partial charge on any atom is -0.351 e. The zero-order valence-electron chi connectivity index (χ0n) is 15.4. The standard InChI is InChI=1S/C21H19F2N3O2/c1-25-9-8-13-10-12(6-7-17(13)25)14-11-26(2)21(28)18(14)20(27)24-16-5-3-4-15(22)19(16)23/h3-10,14,18H,11H2,1-2H3,(H,24,27)/t14-,18+/m1/s1. The molecule has 0 saturated carbocycles. The van der Waals surface area contributed by atoms with Gasteiger partial charge in [-0.25, -0.2) is 8.78 Å². The van der Waals surface area contributed by atoms with Crippen LogP contribution in [0.1, 0.15) is 11.5 Å². The maximum Gasteiger partial charge on any atom is 0.237 e. The maximum absolute atomic E-state index is 13.9. The quantitative estimate of drug-likeness (QED) is 0.706. The van der Waals surface area contributed by atoms with E-state index in [1.807, 2.05) is 42.1 Å². The van der Waals surface area contributed by atoms with E-state index in [9.17, 15) is 18.4 Å². The lowest BCUT2D eigenvalue weighted by atomic mass is 9.87. The van der Waals surface area contributed by atoms with Gasteiger partial charge in [0.05, 0.1) is 5.69 Å². The number of hydrogen-bond acceptors (Lipinski definition) is 2. The molecule has 1 aromatic heterocycles. The summed E-state index contributed by atoms with van der Waals surface area (Å²) in [7, 11) is 3.57. The molecule has 0 bridgehead atoms. The van der Waals surface area contributed by atoms with Crippen LogP contribution in [0.15, 0.2) is 48.7 Å². The van der Waals surface area contributed by atoms with Crippen LogP contribution in [-0.2, 0) is 16.6 Å². The minimum atomic E-state index is -1.14. The van der Waals surface area contributed by atoms with Crippen LogP contribution in [0.25, 0.3) is 10.9 Å². The summed E-state index contributed by atoms with van der Waals surface area (Å²) in [5, 5.41) is 3.39. The molecule has 2 heterocycles. The number of amides is 2. The molecule has 1 N–H and O–H groups in total. The molecule has 5 nitrogen and oxygen atoms in total. The predicted molar refractivity (Wildman–Crippen MR) is 102 cm³/mol. The molecular weight excluding hydrogens is 364 g/mol. The lowest BCUT2D eigenvalue weighted by Gasteiger charge is -2.17.